The van der Waals surface area contributed by atoms with E-state index in [4.69, 9.17) is 9.57 Å². The number of ether oxygens (including phenoxy) is 1. The van der Waals surface area contributed by atoms with Crippen molar-refractivity contribution in [1.82, 2.24) is 5.06 Å². The predicted octanol–water partition coefficient (Wildman–Crippen LogP) is 2.47. The Hall–Kier alpha value is -1.58. The van der Waals surface area contributed by atoms with Gasteiger partial charge in [0.25, 0.3) is 0 Å². The predicted molar refractivity (Wildman–Crippen MR) is 67.0 cm³/mol. The molecule has 88 valence electrons. The minimum absolute atomic E-state index is 0.744. The van der Waals surface area contributed by atoms with E-state index in [1.807, 2.05) is 23.3 Å². The fourth-order valence-electron chi connectivity index (χ4n) is 2.01. The zero-order chi connectivity index (χ0) is 11.5. The van der Waals surface area contributed by atoms with Crippen molar-refractivity contribution in [2.24, 2.45) is 0 Å². The normalized spacial score (nSPS) is 17.2. The second-order valence-electron chi connectivity index (χ2n) is 4.14. The van der Waals surface area contributed by atoms with Gasteiger partial charge in [0.1, 0.15) is 5.75 Å². The number of hydrogen-bond donors (Lipinski definition) is 0. The molecular weight excluding hydrogens is 214 g/mol. The highest BCUT2D eigenvalue weighted by Gasteiger charge is 2.11. The molecule has 3 rings (SSSR count). The number of fused-ring (bicyclic) bond motifs is 1. The summed E-state index contributed by atoms with van der Waals surface area (Å²) >= 11 is 0. The Labute approximate surface area is 101 Å². The summed E-state index contributed by atoms with van der Waals surface area (Å²) < 4.78 is 5.29. The molecule has 0 radical (unpaired) electrons. The third-order valence-electron chi connectivity index (χ3n) is 2.93. The number of hydroxylamine groups is 2. The summed E-state index contributed by atoms with van der Waals surface area (Å²) in [5.41, 5.74) is 0. The summed E-state index contributed by atoms with van der Waals surface area (Å²) in [6.07, 6.45) is 0. The molecule has 1 heterocycles. The van der Waals surface area contributed by atoms with Crippen LogP contribution in [0, 0.1) is 0 Å². The first-order valence-corrected chi connectivity index (χ1v) is 5.91. The lowest BCUT2D eigenvalue weighted by atomic mass is 10.1. The quantitative estimate of drug-likeness (QED) is 0.789. The Kier molecular flexibility index (Phi) is 2.94. The van der Waals surface area contributed by atoms with Crippen LogP contribution >= 0.6 is 0 Å². The maximum atomic E-state index is 5.82. The van der Waals surface area contributed by atoms with Gasteiger partial charge in [-0.3, -0.25) is 0 Å². The second kappa shape index (κ2) is 4.73. The molecule has 0 aliphatic carbocycles. The van der Waals surface area contributed by atoms with Gasteiger partial charge in [-0.05, 0) is 22.9 Å². The van der Waals surface area contributed by atoms with Crippen LogP contribution in [0.3, 0.4) is 0 Å². The third-order valence-corrected chi connectivity index (χ3v) is 2.93. The molecule has 0 saturated carbocycles. The maximum absolute atomic E-state index is 5.82. The maximum Gasteiger partial charge on any atom is 0.148 e. The van der Waals surface area contributed by atoms with Gasteiger partial charge in [-0.2, -0.15) is 0 Å². The standard InChI is InChI=1S/C14H15NO2/c1-2-4-13-11-14(6-5-12(13)3-1)17-15-7-9-16-10-8-15/h1-6,11H,7-10H2. The van der Waals surface area contributed by atoms with Crippen LogP contribution in [0.5, 0.6) is 5.75 Å². The Bertz CT molecular complexity index is 506. The third kappa shape index (κ3) is 2.40. The van der Waals surface area contributed by atoms with Crippen LogP contribution in [0.25, 0.3) is 10.8 Å². The van der Waals surface area contributed by atoms with Gasteiger partial charge in [-0.25, -0.2) is 0 Å². The monoisotopic (exact) mass is 229 g/mol. The van der Waals surface area contributed by atoms with Crippen LogP contribution in [-0.4, -0.2) is 31.4 Å². The Balaban J connectivity index is 1.80. The fraction of sp³-hybridized carbons (Fsp3) is 0.286. The molecule has 1 fully saturated rings. The molecule has 1 aliphatic heterocycles. The highest BCUT2D eigenvalue weighted by Crippen LogP contribution is 2.21. The number of morpholine rings is 1. The van der Waals surface area contributed by atoms with Crippen LogP contribution < -0.4 is 4.84 Å². The Morgan fingerprint density at radius 3 is 2.53 bits per heavy atom. The topological polar surface area (TPSA) is 21.7 Å². The molecule has 0 unspecified atom stereocenters. The summed E-state index contributed by atoms with van der Waals surface area (Å²) in [6.45, 7) is 3.14. The van der Waals surface area contributed by atoms with Crippen LogP contribution in [0.1, 0.15) is 0 Å². The zero-order valence-electron chi connectivity index (χ0n) is 9.63. The van der Waals surface area contributed by atoms with E-state index in [2.05, 4.69) is 24.3 Å². The highest BCUT2D eigenvalue weighted by atomic mass is 16.7. The number of nitrogens with zero attached hydrogens (tertiary/aromatic N) is 1. The lowest BCUT2D eigenvalue weighted by Gasteiger charge is -2.26. The largest absolute Gasteiger partial charge is 0.406 e. The van der Waals surface area contributed by atoms with Gasteiger partial charge in [0.05, 0.1) is 26.3 Å². The first-order valence-electron chi connectivity index (χ1n) is 5.91. The molecule has 0 bridgehead atoms. The number of benzene rings is 2. The molecule has 1 saturated heterocycles. The molecule has 0 atom stereocenters. The minimum Gasteiger partial charge on any atom is -0.406 e. The average molecular weight is 229 g/mol. The van der Waals surface area contributed by atoms with Crippen molar-refractivity contribution < 1.29 is 9.57 Å². The van der Waals surface area contributed by atoms with Gasteiger partial charge >= 0.3 is 0 Å². The van der Waals surface area contributed by atoms with Crippen molar-refractivity contribution in [3.05, 3.63) is 42.5 Å². The van der Waals surface area contributed by atoms with Crippen molar-refractivity contribution in [1.29, 1.82) is 0 Å². The van der Waals surface area contributed by atoms with Crippen molar-refractivity contribution in [3.8, 4) is 5.75 Å². The van der Waals surface area contributed by atoms with E-state index in [1.54, 1.807) is 0 Å². The van der Waals surface area contributed by atoms with Crippen molar-refractivity contribution in [3.63, 3.8) is 0 Å². The molecule has 17 heavy (non-hydrogen) atoms. The number of hydrogen-bond acceptors (Lipinski definition) is 3. The molecule has 3 heteroatoms. The molecule has 0 spiro atoms. The SMILES string of the molecule is c1ccc2cc(ON3CCOCC3)ccc2c1. The van der Waals surface area contributed by atoms with Crippen LogP contribution in [0.2, 0.25) is 0 Å². The summed E-state index contributed by atoms with van der Waals surface area (Å²) in [6, 6.07) is 14.5. The van der Waals surface area contributed by atoms with E-state index in [0.717, 1.165) is 32.1 Å². The van der Waals surface area contributed by atoms with Gasteiger partial charge in [0, 0.05) is 0 Å². The smallest absolute Gasteiger partial charge is 0.148 e. The minimum atomic E-state index is 0.744. The molecule has 3 nitrogen and oxygen atoms in total. The molecule has 2 aromatic rings. The zero-order valence-corrected chi connectivity index (χ0v) is 9.63. The molecular formula is C14H15NO2. The Morgan fingerprint density at radius 2 is 1.71 bits per heavy atom. The highest BCUT2D eigenvalue weighted by molar-refractivity contribution is 5.83. The second-order valence-corrected chi connectivity index (χ2v) is 4.14. The first kappa shape index (κ1) is 10.6. The van der Waals surface area contributed by atoms with Gasteiger partial charge in [-0.15, -0.1) is 5.06 Å². The van der Waals surface area contributed by atoms with Gasteiger partial charge in [0.15, 0.2) is 0 Å². The van der Waals surface area contributed by atoms with Gasteiger partial charge in [0.2, 0.25) is 0 Å². The summed E-state index contributed by atoms with van der Waals surface area (Å²) in [5.74, 6) is 0.894. The van der Waals surface area contributed by atoms with Crippen molar-refractivity contribution in [2.75, 3.05) is 26.3 Å². The van der Waals surface area contributed by atoms with E-state index in [9.17, 15) is 0 Å². The average Bonchev–Trinajstić information content (AvgIpc) is 2.40. The molecule has 1 aliphatic rings. The van der Waals surface area contributed by atoms with Crippen LogP contribution in [0.15, 0.2) is 42.5 Å². The van der Waals surface area contributed by atoms with E-state index in [1.165, 1.54) is 10.8 Å². The molecule has 2 aromatic carbocycles. The summed E-state index contributed by atoms with van der Waals surface area (Å²) in [4.78, 5) is 5.82. The fourth-order valence-corrected chi connectivity index (χ4v) is 2.01. The van der Waals surface area contributed by atoms with Crippen LogP contribution in [-0.2, 0) is 4.74 Å². The van der Waals surface area contributed by atoms with E-state index in [-0.39, 0.29) is 0 Å². The van der Waals surface area contributed by atoms with Crippen molar-refractivity contribution in [2.45, 2.75) is 0 Å². The van der Waals surface area contributed by atoms with Gasteiger partial charge < -0.3 is 9.57 Å². The van der Waals surface area contributed by atoms with E-state index in [0.29, 0.717) is 0 Å². The molecule has 0 amide bonds. The Morgan fingerprint density at radius 1 is 0.941 bits per heavy atom. The van der Waals surface area contributed by atoms with Gasteiger partial charge in [-0.1, -0.05) is 30.3 Å². The van der Waals surface area contributed by atoms with E-state index < -0.39 is 0 Å². The molecule has 0 N–H and O–H groups in total. The summed E-state index contributed by atoms with van der Waals surface area (Å²) in [5, 5.41) is 4.40. The van der Waals surface area contributed by atoms with E-state index >= 15 is 0 Å². The number of rotatable bonds is 2. The summed E-state index contributed by atoms with van der Waals surface area (Å²) in [7, 11) is 0. The lowest BCUT2D eigenvalue weighted by Crippen LogP contribution is -2.38. The lowest BCUT2D eigenvalue weighted by molar-refractivity contribution is -0.118. The first-order chi connectivity index (χ1) is 8.42. The van der Waals surface area contributed by atoms with Crippen molar-refractivity contribution >= 4 is 10.8 Å². The van der Waals surface area contributed by atoms with Crippen LogP contribution in [0.4, 0.5) is 0 Å². The molecule has 0 aromatic heterocycles.